The first-order valence-electron chi connectivity index (χ1n) is 9.33. The number of furan rings is 1. The van der Waals surface area contributed by atoms with Gasteiger partial charge < -0.3 is 4.42 Å². The summed E-state index contributed by atoms with van der Waals surface area (Å²) in [5, 5.41) is 4.32. The van der Waals surface area contributed by atoms with E-state index in [1.165, 1.54) is 6.20 Å². The molecule has 3 N–H and O–H groups in total. The Bertz CT molecular complexity index is 975. The van der Waals surface area contributed by atoms with Crippen molar-refractivity contribution in [3.05, 3.63) is 51.1 Å². The Kier molecular flexibility index (Phi) is 6.18. The van der Waals surface area contributed by atoms with Crippen molar-refractivity contribution in [2.24, 2.45) is 5.10 Å². The van der Waals surface area contributed by atoms with Crippen LogP contribution in [0.15, 0.2) is 32.5 Å². The molecule has 0 saturated heterocycles. The summed E-state index contributed by atoms with van der Waals surface area (Å²) in [4.78, 5) is 28.9. The van der Waals surface area contributed by atoms with Crippen molar-refractivity contribution in [2.45, 2.75) is 52.5 Å². The van der Waals surface area contributed by atoms with E-state index in [4.69, 9.17) is 4.42 Å². The first kappa shape index (κ1) is 21.2. The highest BCUT2D eigenvalue weighted by Gasteiger charge is 2.28. The van der Waals surface area contributed by atoms with Crippen LogP contribution in [0, 0.1) is 6.92 Å². The fourth-order valence-electron chi connectivity index (χ4n) is 3.02. The van der Waals surface area contributed by atoms with Gasteiger partial charge in [-0.2, -0.15) is 5.10 Å². The highest BCUT2D eigenvalue weighted by molar-refractivity contribution is 9.10. The Morgan fingerprint density at radius 3 is 2.66 bits per heavy atom. The Hall–Kier alpha value is -2.52. The van der Waals surface area contributed by atoms with Gasteiger partial charge in [-0.05, 0) is 62.5 Å². The summed E-state index contributed by atoms with van der Waals surface area (Å²) in [6.45, 7) is 7.67. The predicted octanol–water partition coefficient (Wildman–Crippen LogP) is 3.25. The lowest BCUT2D eigenvalue weighted by Crippen LogP contribution is -2.48. The lowest BCUT2D eigenvalue weighted by molar-refractivity contribution is 0.0882. The van der Waals surface area contributed by atoms with E-state index in [1.807, 2.05) is 27.7 Å². The molecule has 2 aromatic rings. The predicted molar refractivity (Wildman–Crippen MR) is 113 cm³/mol. The molecule has 0 aromatic carbocycles. The molecule has 0 saturated carbocycles. The molecule has 154 valence electrons. The van der Waals surface area contributed by atoms with Crippen molar-refractivity contribution in [1.29, 1.82) is 0 Å². The summed E-state index contributed by atoms with van der Waals surface area (Å²) in [7, 11) is 0. The number of rotatable bonds is 4. The van der Waals surface area contributed by atoms with Gasteiger partial charge in [-0.3, -0.25) is 20.0 Å². The van der Waals surface area contributed by atoms with E-state index in [9.17, 15) is 9.59 Å². The van der Waals surface area contributed by atoms with Crippen molar-refractivity contribution in [3.63, 3.8) is 0 Å². The van der Waals surface area contributed by atoms with Crippen LogP contribution in [0.2, 0.25) is 0 Å². The molecule has 0 radical (unpaired) electrons. The molecule has 0 unspecified atom stereocenters. The number of nitrogens with zero attached hydrogens (tertiary/aromatic N) is 2. The summed E-state index contributed by atoms with van der Waals surface area (Å²) < 4.78 is 6.55. The number of carbonyl (C=O) groups excluding carboxylic acids is 2. The highest BCUT2D eigenvalue weighted by Crippen LogP contribution is 2.29. The van der Waals surface area contributed by atoms with Gasteiger partial charge in [0, 0.05) is 40.0 Å². The summed E-state index contributed by atoms with van der Waals surface area (Å²) >= 11 is 3.30. The molecule has 29 heavy (non-hydrogen) atoms. The highest BCUT2D eigenvalue weighted by atomic mass is 79.9. The van der Waals surface area contributed by atoms with Gasteiger partial charge in [0.1, 0.15) is 5.76 Å². The van der Waals surface area contributed by atoms with Crippen LogP contribution in [-0.2, 0) is 6.42 Å². The molecular weight excluding hydrogens is 438 g/mol. The van der Waals surface area contributed by atoms with Gasteiger partial charge in [-0.1, -0.05) is 0 Å². The second-order valence-electron chi connectivity index (χ2n) is 7.93. The van der Waals surface area contributed by atoms with Crippen molar-refractivity contribution >= 4 is 33.5 Å². The van der Waals surface area contributed by atoms with Crippen molar-refractivity contribution in [1.82, 2.24) is 21.3 Å². The summed E-state index contributed by atoms with van der Waals surface area (Å²) in [6, 6.07) is 1.67. The Balaban J connectivity index is 1.81. The molecule has 0 spiro atoms. The molecule has 8 nitrogen and oxygen atoms in total. The number of nitrogens with one attached hydrogen (secondary N) is 3. The van der Waals surface area contributed by atoms with E-state index in [0.29, 0.717) is 33.5 Å². The zero-order chi connectivity index (χ0) is 21.2. The number of fused-ring (bicyclic) bond motifs is 1. The molecule has 1 aliphatic rings. The normalized spacial score (nSPS) is 15.1. The van der Waals surface area contributed by atoms with Crippen LogP contribution in [0.5, 0.6) is 0 Å². The van der Waals surface area contributed by atoms with E-state index in [-0.39, 0.29) is 23.1 Å². The van der Waals surface area contributed by atoms with Crippen LogP contribution in [0.25, 0.3) is 0 Å². The first-order valence-corrected chi connectivity index (χ1v) is 10.1. The second kappa shape index (κ2) is 8.46. The van der Waals surface area contributed by atoms with Crippen molar-refractivity contribution in [3.8, 4) is 0 Å². The maximum Gasteiger partial charge on any atom is 0.301 e. The van der Waals surface area contributed by atoms with Crippen LogP contribution in [-0.4, -0.2) is 28.0 Å². The minimum atomic E-state index is -0.355. The maximum atomic E-state index is 12.5. The number of hydrazine groups is 1. The molecular formula is C20H24BrN5O3. The monoisotopic (exact) mass is 461 g/mol. The lowest BCUT2D eigenvalue weighted by Gasteiger charge is -2.20. The Morgan fingerprint density at radius 2 is 1.97 bits per heavy atom. The smallest absolute Gasteiger partial charge is 0.301 e. The van der Waals surface area contributed by atoms with Crippen molar-refractivity contribution in [2.75, 3.05) is 0 Å². The number of pyridine rings is 1. The van der Waals surface area contributed by atoms with E-state index in [1.54, 1.807) is 12.3 Å². The minimum absolute atomic E-state index is 0.254. The molecule has 2 aromatic heterocycles. The molecule has 1 aliphatic carbocycles. The lowest BCUT2D eigenvalue weighted by atomic mass is 9.93. The summed E-state index contributed by atoms with van der Waals surface area (Å²) in [5.41, 5.74) is 10.5. The average molecular weight is 462 g/mol. The van der Waals surface area contributed by atoms with E-state index in [2.05, 4.69) is 42.3 Å². The Morgan fingerprint density at radius 1 is 1.21 bits per heavy atom. The molecule has 0 atom stereocenters. The topological polar surface area (TPSA) is 109 Å². The number of amides is 2. The third-order valence-electron chi connectivity index (χ3n) is 4.34. The fourth-order valence-corrected chi connectivity index (χ4v) is 3.38. The number of aromatic nitrogens is 1. The zero-order valence-corrected chi connectivity index (χ0v) is 18.4. The van der Waals surface area contributed by atoms with Gasteiger partial charge in [0.15, 0.2) is 5.76 Å². The molecule has 9 heteroatoms. The van der Waals surface area contributed by atoms with Crippen LogP contribution in [0.4, 0.5) is 0 Å². The number of aryl methyl sites for hydroxylation is 1. The number of halogens is 1. The summed E-state index contributed by atoms with van der Waals surface area (Å²) in [5.74, 6) is 0.276. The zero-order valence-electron chi connectivity index (χ0n) is 16.9. The standard InChI is InChI=1S/C20H24BrN5O3/c1-11-16-14(23-24-18(27)12-8-13(21)10-22-9-12)6-5-7-15(16)29-17(11)19(28)25-26-20(2,3)4/h8-10,26H,5-7H2,1-4H3,(H,24,27)(H,25,28)/b23-14+. The summed E-state index contributed by atoms with van der Waals surface area (Å²) in [6.07, 6.45) is 5.31. The molecule has 0 aliphatic heterocycles. The number of carbonyl (C=O) groups is 2. The maximum absolute atomic E-state index is 12.5. The largest absolute Gasteiger partial charge is 0.455 e. The van der Waals surface area contributed by atoms with Gasteiger partial charge in [0.2, 0.25) is 0 Å². The number of hydrogen-bond acceptors (Lipinski definition) is 6. The average Bonchev–Trinajstić information content (AvgIpc) is 3.01. The quantitative estimate of drug-likeness (QED) is 0.605. The van der Waals surface area contributed by atoms with Gasteiger partial charge in [0.05, 0.1) is 11.3 Å². The van der Waals surface area contributed by atoms with Gasteiger partial charge >= 0.3 is 5.91 Å². The minimum Gasteiger partial charge on any atom is -0.455 e. The van der Waals surface area contributed by atoms with Gasteiger partial charge in [-0.15, -0.1) is 0 Å². The number of hydrogen-bond donors (Lipinski definition) is 3. The van der Waals surface area contributed by atoms with Crippen LogP contribution < -0.4 is 16.3 Å². The number of hydrazone groups is 1. The fraction of sp³-hybridized carbons (Fsp3) is 0.400. The van der Waals surface area contributed by atoms with Crippen LogP contribution in [0.1, 0.15) is 71.4 Å². The van der Waals surface area contributed by atoms with E-state index >= 15 is 0 Å². The third kappa shape index (κ3) is 5.10. The SMILES string of the molecule is Cc1c(C(=O)NNC(C)(C)C)oc2c1/C(=N/NC(=O)c1cncc(Br)c1)CCC2. The molecule has 2 amide bonds. The van der Waals surface area contributed by atoms with Crippen LogP contribution >= 0.6 is 15.9 Å². The molecule has 2 heterocycles. The third-order valence-corrected chi connectivity index (χ3v) is 4.78. The van der Waals surface area contributed by atoms with Crippen molar-refractivity contribution < 1.29 is 14.0 Å². The van der Waals surface area contributed by atoms with Gasteiger partial charge in [0.25, 0.3) is 5.91 Å². The molecule has 0 bridgehead atoms. The van der Waals surface area contributed by atoms with Crippen LogP contribution in [0.3, 0.4) is 0 Å². The molecule has 0 fully saturated rings. The van der Waals surface area contributed by atoms with E-state index in [0.717, 1.165) is 18.4 Å². The van der Waals surface area contributed by atoms with E-state index < -0.39 is 0 Å². The Labute approximate surface area is 177 Å². The second-order valence-corrected chi connectivity index (χ2v) is 8.84. The molecule has 3 rings (SSSR count). The van der Waals surface area contributed by atoms with Gasteiger partial charge in [-0.25, -0.2) is 10.9 Å². The first-order chi connectivity index (χ1) is 13.7.